The van der Waals surface area contributed by atoms with Gasteiger partial charge in [-0.3, -0.25) is 0 Å². The predicted octanol–water partition coefficient (Wildman–Crippen LogP) is 1.60. The molecule has 12 heavy (non-hydrogen) atoms. The summed E-state index contributed by atoms with van der Waals surface area (Å²) < 4.78 is 0. The maximum absolute atomic E-state index is 8.21. The van der Waals surface area contributed by atoms with Crippen molar-refractivity contribution in [3.05, 3.63) is 0 Å². The highest BCUT2D eigenvalue weighted by atomic mass is 28.3. The van der Waals surface area contributed by atoms with Crippen molar-refractivity contribution in [3.63, 3.8) is 0 Å². The van der Waals surface area contributed by atoms with Crippen molar-refractivity contribution in [2.45, 2.75) is 39.3 Å². The lowest BCUT2D eigenvalue weighted by Gasteiger charge is -2.09. The quantitative estimate of drug-likeness (QED) is 0.413. The summed E-state index contributed by atoms with van der Waals surface area (Å²) in [6.45, 7) is 12.1. The molecule has 0 aromatic heterocycles. The van der Waals surface area contributed by atoms with Crippen LogP contribution in [0.2, 0.25) is 39.3 Å². The average molecular weight is 210 g/mol. The molecule has 4 nitrogen and oxygen atoms in total. The molecule has 0 saturated carbocycles. The normalized spacial score (nSPS) is 12.0. The fourth-order valence-electron chi connectivity index (χ4n) is 0. The Morgan fingerprint density at radius 1 is 0.667 bits per heavy atom. The molecule has 0 aliphatic rings. The summed E-state index contributed by atoms with van der Waals surface area (Å²) >= 11 is 0. The fourth-order valence-corrected chi connectivity index (χ4v) is 0. The molecule has 4 N–H and O–H groups in total. The van der Waals surface area contributed by atoms with Gasteiger partial charge in [-0.1, -0.05) is 39.3 Å². The van der Waals surface area contributed by atoms with Crippen LogP contribution in [0.15, 0.2) is 0 Å². The van der Waals surface area contributed by atoms with Gasteiger partial charge >= 0.3 is 0 Å². The van der Waals surface area contributed by atoms with E-state index in [1.165, 1.54) is 0 Å². The molecule has 0 amide bonds. The highest BCUT2D eigenvalue weighted by Crippen LogP contribution is 1.89. The summed E-state index contributed by atoms with van der Waals surface area (Å²) in [5.74, 6) is 0. The van der Waals surface area contributed by atoms with Gasteiger partial charge in [0.05, 0.1) is 0 Å². The number of nitrogens with one attached hydrogen (secondary N) is 2. The van der Waals surface area contributed by atoms with E-state index in [1.54, 1.807) is 0 Å². The van der Waals surface area contributed by atoms with Gasteiger partial charge in [-0.05, 0) is 0 Å². The molecule has 0 saturated heterocycles. The zero-order chi connectivity index (χ0) is 10.4. The second-order valence-electron chi connectivity index (χ2n) is 4.72. The summed E-state index contributed by atoms with van der Waals surface area (Å²) in [4.78, 5) is 0. The molecule has 0 bridgehead atoms. The van der Waals surface area contributed by atoms with Crippen LogP contribution in [-0.2, 0) is 0 Å². The van der Waals surface area contributed by atoms with Gasteiger partial charge in [-0.2, -0.15) is 0 Å². The van der Waals surface area contributed by atoms with Gasteiger partial charge in [-0.15, -0.1) is 0 Å². The van der Waals surface area contributed by atoms with Crippen LogP contribution in [-0.4, -0.2) is 26.9 Å². The summed E-state index contributed by atoms with van der Waals surface area (Å²) in [6.07, 6.45) is 0. The SMILES string of the molecule is C[Si](C)(C)NO.C[Si](C)(C)NO. The van der Waals surface area contributed by atoms with Gasteiger partial charge < -0.3 is 10.4 Å². The Hall–Kier alpha value is 0.274. The predicted molar refractivity (Wildman–Crippen MR) is 56.5 cm³/mol. The lowest BCUT2D eigenvalue weighted by Crippen LogP contribution is -2.38. The first-order valence-electron chi connectivity index (χ1n) is 3.95. The van der Waals surface area contributed by atoms with Crippen LogP contribution in [0.3, 0.4) is 0 Å². The van der Waals surface area contributed by atoms with E-state index < -0.39 is 16.5 Å². The van der Waals surface area contributed by atoms with Crippen LogP contribution in [0, 0.1) is 0 Å². The number of rotatable bonds is 2. The lowest BCUT2D eigenvalue weighted by atomic mass is 11.8. The molecule has 0 atom stereocenters. The minimum atomic E-state index is -1.33. The highest BCUT2D eigenvalue weighted by Gasteiger charge is 2.09. The second kappa shape index (κ2) is 5.84. The molecular weight excluding hydrogens is 188 g/mol. The van der Waals surface area contributed by atoms with Crippen molar-refractivity contribution in [2.75, 3.05) is 0 Å². The third-order valence-electron chi connectivity index (χ3n) is 0.671. The van der Waals surface area contributed by atoms with Gasteiger partial charge in [0.25, 0.3) is 0 Å². The average Bonchev–Trinajstić information content (AvgIpc) is 1.86. The summed E-state index contributed by atoms with van der Waals surface area (Å²) in [6, 6.07) is 0. The monoisotopic (exact) mass is 210 g/mol. The molecule has 0 unspecified atom stereocenters. The molecular formula is C6H22N2O2Si2. The van der Waals surface area contributed by atoms with Gasteiger partial charge in [0.15, 0.2) is 0 Å². The molecule has 0 fully saturated rings. The maximum Gasteiger partial charge on any atom is 0.147 e. The summed E-state index contributed by atoms with van der Waals surface area (Å²) in [7, 11) is -2.65. The Bertz CT molecular complexity index is 95.1. The minimum Gasteiger partial charge on any atom is -0.324 e. The zero-order valence-electron chi connectivity index (χ0n) is 8.89. The Morgan fingerprint density at radius 2 is 0.750 bits per heavy atom. The molecule has 0 aliphatic heterocycles. The number of hydrogen-bond donors (Lipinski definition) is 4. The number of hydrogen-bond acceptors (Lipinski definition) is 4. The first-order valence-corrected chi connectivity index (χ1v) is 10.9. The van der Waals surface area contributed by atoms with Gasteiger partial charge in [0, 0.05) is 0 Å². The molecule has 0 rings (SSSR count). The van der Waals surface area contributed by atoms with E-state index >= 15 is 0 Å². The molecule has 0 spiro atoms. The Labute approximate surface area is 77.1 Å². The third-order valence-corrected chi connectivity index (χ3v) is 2.01. The molecule has 0 radical (unpaired) electrons. The lowest BCUT2D eigenvalue weighted by molar-refractivity contribution is 0.237. The van der Waals surface area contributed by atoms with Crippen LogP contribution < -0.4 is 10.3 Å². The van der Waals surface area contributed by atoms with Crippen molar-refractivity contribution < 1.29 is 10.4 Å². The van der Waals surface area contributed by atoms with Crippen molar-refractivity contribution in [2.24, 2.45) is 0 Å². The van der Waals surface area contributed by atoms with Crippen LogP contribution in [0.1, 0.15) is 0 Å². The van der Waals surface area contributed by atoms with Crippen LogP contribution in [0.25, 0.3) is 0 Å². The van der Waals surface area contributed by atoms with Crippen LogP contribution in [0.4, 0.5) is 0 Å². The van der Waals surface area contributed by atoms with Crippen molar-refractivity contribution in [3.8, 4) is 0 Å². The molecule has 0 heterocycles. The Balaban J connectivity index is 0. The molecule has 6 heteroatoms. The fraction of sp³-hybridized carbons (Fsp3) is 1.00. The van der Waals surface area contributed by atoms with E-state index in [-0.39, 0.29) is 0 Å². The third kappa shape index (κ3) is 22.4. The Kier molecular flexibility index (Phi) is 7.19. The van der Waals surface area contributed by atoms with Gasteiger partial charge in [0.1, 0.15) is 16.5 Å². The Morgan fingerprint density at radius 3 is 0.750 bits per heavy atom. The van der Waals surface area contributed by atoms with E-state index in [0.717, 1.165) is 0 Å². The van der Waals surface area contributed by atoms with E-state index in [0.29, 0.717) is 0 Å². The summed E-state index contributed by atoms with van der Waals surface area (Å²) in [5.41, 5.74) is 0. The largest absolute Gasteiger partial charge is 0.324 e. The van der Waals surface area contributed by atoms with Crippen LogP contribution in [0.5, 0.6) is 0 Å². The second-order valence-corrected chi connectivity index (χ2v) is 14.2. The topological polar surface area (TPSA) is 64.5 Å². The van der Waals surface area contributed by atoms with Gasteiger partial charge in [0.2, 0.25) is 0 Å². The molecule has 0 aromatic rings. The summed E-state index contributed by atoms with van der Waals surface area (Å²) in [5, 5.41) is 20.9. The van der Waals surface area contributed by atoms with E-state index in [2.05, 4.69) is 10.3 Å². The van der Waals surface area contributed by atoms with Crippen molar-refractivity contribution >= 4 is 16.5 Å². The van der Waals surface area contributed by atoms with Crippen molar-refractivity contribution in [1.82, 2.24) is 10.3 Å². The molecule has 0 aromatic carbocycles. The molecule has 0 aliphatic carbocycles. The minimum absolute atomic E-state index is 1.33. The maximum atomic E-state index is 8.21. The smallest absolute Gasteiger partial charge is 0.147 e. The zero-order valence-corrected chi connectivity index (χ0v) is 10.9. The van der Waals surface area contributed by atoms with Crippen molar-refractivity contribution in [1.29, 1.82) is 0 Å². The molecule has 76 valence electrons. The van der Waals surface area contributed by atoms with E-state index in [9.17, 15) is 0 Å². The van der Waals surface area contributed by atoms with Crippen LogP contribution >= 0.6 is 0 Å². The first kappa shape index (κ1) is 14.8. The van der Waals surface area contributed by atoms with E-state index in [1.807, 2.05) is 39.3 Å². The first-order chi connectivity index (χ1) is 5.12. The highest BCUT2D eigenvalue weighted by molar-refractivity contribution is 6.73. The van der Waals surface area contributed by atoms with Gasteiger partial charge in [-0.25, -0.2) is 10.3 Å². The van der Waals surface area contributed by atoms with E-state index in [4.69, 9.17) is 10.4 Å². The standard InChI is InChI=1S/2C3H11NOSi/c2*1-6(2,3)4-5/h2*4-5H,1-3H3.